The zero-order valence-corrected chi connectivity index (χ0v) is 18.1. The summed E-state index contributed by atoms with van der Waals surface area (Å²) >= 11 is -1.26. The molecule has 0 aliphatic rings. The van der Waals surface area contributed by atoms with Gasteiger partial charge in [0.25, 0.3) is 0 Å². The molecule has 1 N–H and O–H groups in total. The maximum Gasteiger partial charge on any atom is 0.305 e. The van der Waals surface area contributed by atoms with Crippen LogP contribution in [0.5, 0.6) is 11.5 Å². The highest BCUT2D eigenvalue weighted by Gasteiger charge is 2.32. The van der Waals surface area contributed by atoms with Gasteiger partial charge in [-0.15, -0.1) is 4.72 Å². The number of ether oxygens (including phenoxy) is 3. The molecule has 2 atom stereocenters. The number of hydrogen-bond acceptors (Lipinski definition) is 6. The van der Waals surface area contributed by atoms with Crippen LogP contribution < -0.4 is 14.2 Å². The Morgan fingerprint density at radius 3 is 2.26 bits per heavy atom. The highest BCUT2D eigenvalue weighted by atomic mass is 32.2. The zero-order valence-electron chi connectivity index (χ0n) is 17.3. The lowest BCUT2D eigenvalue weighted by Gasteiger charge is -2.29. The summed E-state index contributed by atoms with van der Waals surface area (Å²) < 4.78 is 31.6. The first-order chi connectivity index (χ1) is 12.7. The molecular weight excluding hydrogens is 366 g/mol. The molecule has 1 rings (SSSR count). The average molecular weight is 400 g/mol. The summed E-state index contributed by atoms with van der Waals surface area (Å²) in [4.78, 5) is 11.5. The van der Waals surface area contributed by atoms with Crippen LogP contribution in [0.25, 0.3) is 0 Å². The largest absolute Gasteiger partial charge is 0.598 e. The van der Waals surface area contributed by atoms with Gasteiger partial charge in [0, 0.05) is 17.8 Å². The predicted molar refractivity (Wildman–Crippen MR) is 108 cm³/mol. The maximum absolute atomic E-state index is 12.7. The minimum absolute atomic E-state index is 0.185. The molecule has 0 bridgehead atoms. The summed E-state index contributed by atoms with van der Waals surface area (Å²) in [5.74, 6) is 1.18. The minimum Gasteiger partial charge on any atom is -0.598 e. The molecular formula is C20H33NO5S. The van der Waals surface area contributed by atoms with Gasteiger partial charge in [-0.3, -0.25) is 4.79 Å². The van der Waals surface area contributed by atoms with Crippen molar-refractivity contribution in [1.82, 2.24) is 4.72 Å². The Morgan fingerprint density at radius 2 is 1.78 bits per heavy atom. The molecule has 0 aliphatic heterocycles. The van der Waals surface area contributed by atoms with Crippen molar-refractivity contribution in [3.63, 3.8) is 0 Å². The molecule has 2 unspecified atom stereocenters. The average Bonchev–Trinajstić information content (AvgIpc) is 2.62. The van der Waals surface area contributed by atoms with E-state index in [9.17, 15) is 9.35 Å². The summed E-state index contributed by atoms with van der Waals surface area (Å²) in [5.41, 5.74) is 0.844. The Hall–Kier alpha value is -1.44. The van der Waals surface area contributed by atoms with Crippen molar-refractivity contribution in [1.29, 1.82) is 0 Å². The highest BCUT2D eigenvalue weighted by Crippen LogP contribution is 2.37. The SMILES string of the molecule is CCOC(=O)CCCCC(N[S+]([O-])C(C)(C)C)c1c(OC)cccc1OC. The fourth-order valence-electron chi connectivity index (χ4n) is 2.64. The van der Waals surface area contributed by atoms with Crippen LogP contribution in [0, 0.1) is 0 Å². The van der Waals surface area contributed by atoms with Crippen LogP contribution in [0.1, 0.15) is 65.0 Å². The van der Waals surface area contributed by atoms with Gasteiger partial charge < -0.3 is 18.8 Å². The molecule has 27 heavy (non-hydrogen) atoms. The Labute approximate surface area is 166 Å². The lowest BCUT2D eigenvalue weighted by molar-refractivity contribution is -0.143. The molecule has 7 heteroatoms. The Bertz CT molecular complexity index is 566. The lowest BCUT2D eigenvalue weighted by Crippen LogP contribution is -2.41. The Balaban J connectivity index is 2.97. The van der Waals surface area contributed by atoms with Gasteiger partial charge in [0.15, 0.2) is 0 Å². The van der Waals surface area contributed by atoms with Crippen LogP contribution in [0.15, 0.2) is 18.2 Å². The fraction of sp³-hybridized carbons (Fsp3) is 0.650. The molecule has 154 valence electrons. The molecule has 0 aromatic heterocycles. The summed E-state index contributed by atoms with van der Waals surface area (Å²) in [6, 6.07) is 5.37. The molecule has 0 heterocycles. The molecule has 1 aromatic rings. The second-order valence-electron chi connectivity index (χ2n) is 7.18. The van der Waals surface area contributed by atoms with Crippen LogP contribution >= 0.6 is 0 Å². The molecule has 6 nitrogen and oxygen atoms in total. The highest BCUT2D eigenvalue weighted by molar-refractivity contribution is 7.90. The molecule has 0 spiro atoms. The van der Waals surface area contributed by atoms with E-state index in [0.29, 0.717) is 37.4 Å². The van der Waals surface area contributed by atoms with E-state index < -0.39 is 16.1 Å². The van der Waals surface area contributed by atoms with E-state index in [1.54, 1.807) is 21.1 Å². The van der Waals surface area contributed by atoms with Gasteiger partial charge in [-0.1, -0.05) is 12.5 Å². The van der Waals surface area contributed by atoms with Crippen LogP contribution in [0.3, 0.4) is 0 Å². The smallest absolute Gasteiger partial charge is 0.305 e. The van der Waals surface area contributed by atoms with Crippen molar-refractivity contribution in [2.45, 2.75) is 64.2 Å². The van der Waals surface area contributed by atoms with Crippen LogP contribution in [0.4, 0.5) is 0 Å². The van der Waals surface area contributed by atoms with E-state index in [-0.39, 0.29) is 12.0 Å². The summed E-state index contributed by atoms with van der Waals surface area (Å²) in [6.07, 6.45) is 2.56. The van der Waals surface area contributed by atoms with Crippen molar-refractivity contribution in [2.24, 2.45) is 0 Å². The fourth-order valence-corrected chi connectivity index (χ4v) is 3.49. The van der Waals surface area contributed by atoms with Gasteiger partial charge >= 0.3 is 5.97 Å². The van der Waals surface area contributed by atoms with Gasteiger partial charge in [-0.05, 0) is 52.7 Å². The van der Waals surface area contributed by atoms with E-state index in [1.807, 2.05) is 39.0 Å². The number of nitrogens with one attached hydrogen (secondary N) is 1. The molecule has 1 aromatic carbocycles. The molecule has 0 saturated heterocycles. The van der Waals surface area contributed by atoms with Gasteiger partial charge in [0.1, 0.15) is 16.2 Å². The molecule has 0 saturated carbocycles. The van der Waals surface area contributed by atoms with Crippen molar-refractivity contribution in [3.8, 4) is 11.5 Å². The number of carbonyl (C=O) groups is 1. The van der Waals surface area contributed by atoms with Crippen LogP contribution in [-0.4, -0.2) is 36.1 Å². The number of carbonyl (C=O) groups excluding carboxylic acids is 1. The summed E-state index contributed by atoms with van der Waals surface area (Å²) in [6.45, 7) is 7.97. The number of benzene rings is 1. The number of esters is 1. The third kappa shape index (κ3) is 7.60. The number of rotatable bonds is 11. The van der Waals surface area contributed by atoms with Crippen LogP contribution in [0.2, 0.25) is 0 Å². The topological polar surface area (TPSA) is 79.9 Å². The molecule has 0 aliphatic carbocycles. The van der Waals surface area contributed by atoms with Crippen molar-refractivity contribution < 1.29 is 23.6 Å². The number of methoxy groups -OCH3 is 2. The first-order valence-corrected chi connectivity index (χ1v) is 10.4. The zero-order chi connectivity index (χ0) is 20.4. The van der Waals surface area contributed by atoms with Gasteiger partial charge in [-0.25, -0.2) is 0 Å². The summed E-state index contributed by atoms with van der Waals surface area (Å²) in [7, 11) is 3.22. The second-order valence-corrected chi connectivity index (χ2v) is 9.18. The Kier molecular flexibility index (Phi) is 9.98. The Morgan fingerprint density at radius 1 is 1.19 bits per heavy atom. The lowest BCUT2D eigenvalue weighted by atomic mass is 9.99. The van der Waals surface area contributed by atoms with Crippen molar-refractivity contribution in [3.05, 3.63) is 23.8 Å². The predicted octanol–water partition coefficient (Wildman–Crippen LogP) is 3.92. The van der Waals surface area contributed by atoms with Crippen LogP contribution in [-0.2, 0) is 20.9 Å². The van der Waals surface area contributed by atoms with E-state index in [0.717, 1.165) is 12.0 Å². The van der Waals surface area contributed by atoms with E-state index in [1.165, 1.54) is 0 Å². The van der Waals surface area contributed by atoms with Crippen molar-refractivity contribution >= 4 is 17.3 Å². The summed E-state index contributed by atoms with van der Waals surface area (Å²) in [5, 5.41) is 0. The van der Waals surface area contributed by atoms with Gasteiger partial charge in [-0.2, -0.15) is 0 Å². The molecule has 0 amide bonds. The molecule has 0 radical (unpaired) electrons. The monoisotopic (exact) mass is 399 g/mol. The second kappa shape index (κ2) is 11.4. The van der Waals surface area contributed by atoms with E-state index in [2.05, 4.69) is 4.72 Å². The normalized spacial score (nSPS) is 13.7. The number of hydrogen-bond donors (Lipinski definition) is 1. The van der Waals surface area contributed by atoms with E-state index >= 15 is 0 Å². The molecule has 0 fully saturated rings. The van der Waals surface area contributed by atoms with Gasteiger partial charge in [0.2, 0.25) is 0 Å². The first kappa shape index (κ1) is 23.6. The number of unbranched alkanes of at least 4 members (excludes halogenated alkanes) is 1. The quantitative estimate of drug-likeness (QED) is 0.345. The standard InChI is InChI=1S/C20H33NO5S/c1-7-26-18(22)14-9-8-11-15(21-27(23)20(2,3)4)19-16(24-5)12-10-13-17(19)25-6/h10,12-13,15,21H,7-9,11,14H2,1-6H3. The third-order valence-electron chi connectivity index (χ3n) is 4.05. The van der Waals surface area contributed by atoms with Crippen molar-refractivity contribution in [2.75, 3.05) is 20.8 Å². The minimum atomic E-state index is -1.26. The van der Waals surface area contributed by atoms with E-state index in [4.69, 9.17) is 14.2 Å². The van der Waals surface area contributed by atoms with Gasteiger partial charge in [0.05, 0.1) is 32.4 Å². The third-order valence-corrected chi connectivity index (χ3v) is 5.66. The maximum atomic E-state index is 12.7. The first-order valence-electron chi connectivity index (χ1n) is 9.29.